The van der Waals surface area contributed by atoms with E-state index in [9.17, 15) is 4.79 Å². The lowest BCUT2D eigenvalue weighted by Gasteiger charge is -2.31. The zero-order chi connectivity index (χ0) is 12.0. The fourth-order valence-electron chi connectivity index (χ4n) is 2.40. The highest BCUT2D eigenvalue weighted by molar-refractivity contribution is 5.80. The van der Waals surface area contributed by atoms with Crippen molar-refractivity contribution in [3.05, 3.63) is 0 Å². The van der Waals surface area contributed by atoms with E-state index in [2.05, 4.69) is 5.32 Å². The predicted molar refractivity (Wildman–Crippen MR) is 65.3 cm³/mol. The molecule has 1 rings (SSSR count). The van der Waals surface area contributed by atoms with Gasteiger partial charge < -0.3 is 4.74 Å². The summed E-state index contributed by atoms with van der Waals surface area (Å²) in [5.74, 6) is -0.140. The summed E-state index contributed by atoms with van der Waals surface area (Å²) in [4.78, 5) is 11.7. The number of esters is 1. The molecule has 0 saturated heterocycles. The smallest absolute Gasteiger partial charge is 0.325 e. The van der Waals surface area contributed by atoms with E-state index in [1.807, 2.05) is 13.8 Å². The lowest BCUT2D eigenvalue weighted by molar-refractivity contribution is -0.148. The Kier molecular flexibility index (Phi) is 5.26. The molecule has 16 heavy (non-hydrogen) atoms. The standard InChI is InChI=1S/C13H25NO2/c1-4-13(2,12(15)16-3)14-11-9-7-5-6-8-10-11/h11,14H,4-10H2,1-3H3. The normalized spacial score (nSPS) is 22.2. The number of hydrogen-bond donors (Lipinski definition) is 1. The van der Waals surface area contributed by atoms with E-state index < -0.39 is 5.54 Å². The van der Waals surface area contributed by atoms with E-state index >= 15 is 0 Å². The molecular weight excluding hydrogens is 202 g/mol. The molecule has 1 N–H and O–H groups in total. The van der Waals surface area contributed by atoms with Gasteiger partial charge in [-0.25, -0.2) is 0 Å². The average Bonchev–Trinajstić information content (AvgIpc) is 2.56. The number of methoxy groups -OCH3 is 1. The average molecular weight is 227 g/mol. The molecule has 1 aliphatic carbocycles. The molecule has 0 aromatic carbocycles. The lowest BCUT2D eigenvalue weighted by atomic mass is 9.95. The Morgan fingerprint density at radius 3 is 2.31 bits per heavy atom. The van der Waals surface area contributed by atoms with Crippen molar-refractivity contribution in [3.63, 3.8) is 0 Å². The Balaban J connectivity index is 2.56. The number of nitrogens with one attached hydrogen (secondary N) is 1. The van der Waals surface area contributed by atoms with E-state index in [1.54, 1.807) is 0 Å². The summed E-state index contributed by atoms with van der Waals surface area (Å²) in [6, 6.07) is 0.478. The lowest BCUT2D eigenvalue weighted by Crippen LogP contribution is -2.53. The van der Waals surface area contributed by atoms with E-state index in [-0.39, 0.29) is 5.97 Å². The monoisotopic (exact) mass is 227 g/mol. The van der Waals surface area contributed by atoms with Gasteiger partial charge in [0.05, 0.1) is 7.11 Å². The van der Waals surface area contributed by atoms with Crippen molar-refractivity contribution in [2.45, 2.75) is 70.4 Å². The highest BCUT2D eigenvalue weighted by Gasteiger charge is 2.34. The third-order valence-electron chi connectivity index (χ3n) is 3.72. The Labute approximate surface area is 98.9 Å². The fraction of sp³-hybridized carbons (Fsp3) is 0.923. The maximum Gasteiger partial charge on any atom is 0.325 e. The van der Waals surface area contributed by atoms with Gasteiger partial charge in [0.1, 0.15) is 5.54 Å². The molecule has 0 heterocycles. The van der Waals surface area contributed by atoms with Crippen LogP contribution in [0.5, 0.6) is 0 Å². The summed E-state index contributed by atoms with van der Waals surface area (Å²) < 4.78 is 4.88. The summed E-state index contributed by atoms with van der Waals surface area (Å²) >= 11 is 0. The van der Waals surface area contributed by atoms with Crippen LogP contribution in [0.1, 0.15) is 58.8 Å². The second kappa shape index (κ2) is 6.24. The Bertz CT molecular complexity index is 222. The summed E-state index contributed by atoms with van der Waals surface area (Å²) in [7, 11) is 1.46. The first-order valence-corrected chi connectivity index (χ1v) is 6.48. The van der Waals surface area contributed by atoms with Gasteiger partial charge in [-0.05, 0) is 26.2 Å². The van der Waals surface area contributed by atoms with Crippen molar-refractivity contribution in [1.82, 2.24) is 5.32 Å². The van der Waals surface area contributed by atoms with Crippen LogP contribution in [0, 0.1) is 0 Å². The van der Waals surface area contributed by atoms with Crippen molar-refractivity contribution >= 4 is 5.97 Å². The van der Waals surface area contributed by atoms with Gasteiger partial charge in [-0.3, -0.25) is 10.1 Å². The van der Waals surface area contributed by atoms with Gasteiger partial charge in [-0.15, -0.1) is 0 Å². The largest absolute Gasteiger partial charge is 0.468 e. The number of carbonyl (C=O) groups is 1. The van der Waals surface area contributed by atoms with E-state index in [0.29, 0.717) is 6.04 Å². The molecule has 0 aromatic rings. The van der Waals surface area contributed by atoms with Gasteiger partial charge in [0.15, 0.2) is 0 Å². The first-order valence-electron chi connectivity index (χ1n) is 6.48. The van der Waals surface area contributed by atoms with Gasteiger partial charge in [0, 0.05) is 6.04 Å². The van der Waals surface area contributed by atoms with Crippen LogP contribution in [0.15, 0.2) is 0 Å². The van der Waals surface area contributed by atoms with E-state index in [0.717, 1.165) is 6.42 Å². The molecule has 3 heteroatoms. The zero-order valence-electron chi connectivity index (χ0n) is 10.8. The van der Waals surface area contributed by atoms with Gasteiger partial charge in [0.2, 0.25) is 0 Å². The molecule has 1 unspecified atom stereocenters. The fourth-order valence-corrected chi connectivity index (χ4v) is 2.40. The third-order valence-corrected chi connectivity index (χ3v) is 3.72. The van der Waals surface area contributed by atoms with Crippen LogP contribution in [-0.2, 0) is 9.53 Å². The molecule has 3 nitrogen and oxygen atoms in total. The van der Waals surface area contributed by atoms with Crippen LogP contribution in [0.3, 0.4) is 0 Å². The number of carbonyl (C=O) groups excluding carboxylic acids is 1. The van der Waals surface area contributed by atoms with E-state index in [1.165, 1.54) is 45.6 Å². The molecule has 0 aliphatic heterocycles. The van der Waals surface area contributed by atoms with Crippen molar-refractivity contribution in [2.24, 2.45) is 0 Å². The Morgan fingerprint density at radius 2 is 1.88 bits per heavy atom. The minimum absolute atomic E-state index is 0.140. The molecule has 0 aromatic heterocycles. The van der Waals surface area contributed by atoms with Crippen LogP contribution < -0.4 is 5.32 Å². The summed E-state index contributed by atoms with van der Waals surface area (Å²) in [6.07, 6.45) is 8.37. The summed E-state index contributed by atoms with van der Waals surface area (Å²) in [5.41, 5.74) is -0.510. The molecule has 1 fully saturated rings. The maximum atomic E-state index is 11.7. The highest BCUT2D eigenvalue weighted by atomic mass is 16.5. The molecule has 94 valence electrons. The molecule has 1 saturated carbocycles. The maximum absolute atomic E-state index is 11.7. The van der Waals surface area contributed by atoms with E-state index in [4.69, 9.17) is 4.74 Å². The summed E-state index contributed by atoms with van der Waals surface area (Å²) in [6.45, 7) is 3.98. The van der Waals surface area contributed by atoms with Crippen molar-refractivity contribution in [2.75, 3.05) is 7.11 Å². The highest BCUT2D eigenvalue weighted by Crippen LogP contribution is 2.21. The minimum Gasteiger partial charge on any atom is -0.468 e. The SMILES string of the molecule is CCC(C)(NC1CCCCCC1)C(=O)OC. The molecule has 0 bridgehead atoms. The van der Waals surface area contributed by atoms with Gasteiger partial charge >= 0.3 is 5.97 Å². The first-order chi connectivity index (χ1) is 7.62. The van der Waals surface area contributed by atoms with Gasteiger partial charge in [-0.2, -0.15) is 0 Å². The molecule has 0 spiro atoms. The van der Waals surface area contributed by atoms with Crippen LogP contribution in [0.2, 0.25) is 0 Å². The molecular formula is C13H25NO2. The van der Waals surface area contributed by atoms with Crippen molar-refractivity contribution in [3.8, 4) is 0 Å². The Morgan fingerprint density at radius 1 is 1.31 bits per heavy atom. The molecule has 0 radical (unpaired) electrons. The zero-order valence-corrected chi connectivity index (χ0v) is 10.8. The van der Waals surface area contributed by atoms with Crippen LogP contribution in [0.4, 0.5) is 0 Å². The predicted octanol–water partition coefficient (Wildman–Crippen LogP) is 2.64. The second-order valence-corrected chi connectivity index (χ2v) is 5.01. The number of rotatable bonds is 4. The molecule has 0 amide bonds. The minimum atomic E-state index is -0.510. The number of ether oxygens (including phenoxy) is 1. The first kappa shape index (κ1) is 13.5. The number of hydrogen-bond acceptors (Lipinski definition) is 3. The third kappa shape index (κ3) is 3.48. The van der Waals surface area contributed by atoms with Crippen LogP contribution >= 0.6 is 0 Å². The second-order valence-electron chi connectivity index (χ2n) is 5.01. The van der Waals surface area contributed by atoms with Crippen LogP contribution in [0.25, 0.3) is 0 Å². The van der Waals surface area contributed by atoms with Crippen molar-refractivity contribution < 1.29 is 9.53 Å². The van der Waals surface area contributed by atoms with Gasteiger partial charge in [0.25, 0.3) is 0 Å². The topological polar surface area (TPSA) is 38.3 Å². The van der Waals surface area contributed by atoms with Crippen molar-refractivity contribution in [1.29, 1.82) is 0 Å². The quantitative estimate of drug-likeness (QED) is 0.592. The van der Waals surface area contributed by atoms with Crippen LogP contribution in [-0.4, -0.2) is 24.7 Å². The van der Waals surface area contributed by atoms with Gasteiger partial charge in [-0.1, -0.05) is 32.6 Å². The molecule has 1 atom stereocenters. The Hall–Kier alpha value is -0.570. The summed E-state index contributed by atoms with van der Waals surface area (Å²) in [5, 5.41) is 3.50. The molecule has 1 aliphatic rings.